The molecular formula is C12H16FNO2S. The van der Waals surface area contributed by atoms with Crippen molar-refractivity contribution in [1.29, 1.82) is 0 Å². The maximum Gasteiger partial charge on any atom is 0.181 e. The van der Waals surface area contributed by atoms with Crippen molar-refractivity contribution >= 4 is 9.84 Å². The van der Waals surface area contributed by atoms with E-state index in [9.17, 15) is 12.8 Å². The fraction of sp³-hybridized carbons (Fsp3) is 0.500. The van der Waals surface area contributed by atoms with Crippen LogP contribution in [-0.2, 0) is 9.84 Å². The fourth-order valence-corrected chi connectivity index (χ4v) is 4.24. The predicted octanol–water partition coefficient (Wildman–Crippen LogP) is 1.65. The summed E-state index contributed by atoms with van der Waals surface area (Å²) in [6.45, 7) is 2.21. The summed E-state index contributed by atoms with van der Waals surface area (Å²) in [7, 11) is -3.39. The molecular weight excluding hydrogens is 241 g/mol. The molecule has 1 aromatic rings. The lowest BCUT2D eigenvalue weighted by Crippen LogP contribution is -2.39. The molecule has 0 heterocycles. The second-order valence-corrected chi connectivity index (χ2v) is 6.93. The van der Waals surface area contributed by atoms with Gasteiger partial charge in [0.1, 0.15) is 5.82 Å². The summed E-state index contributed by atoms with van der Waals surface area (Å²) in [4.78, 5) is 0.0930. The minimum absolute atomic E-state index is 0.0930. The Morgan fingerprint density at radius 3 is 2.53 bits per heavy atom. The molecule has 0 bridgehead atoms. The Kier molecular flexibility index (Phi) is 3.23. The first-order valence-electron chi connectivity index (χ1n) is 5.64. The quantitative estimate of drug-likeness (QED) is 0.895. The third kappa shape index (κ3) is 2.35. The summed E-state index contributed by atoms with van der Waals surface area (Å²) < 4.78 is 37.5. The van der Waals surface area contributed by atoms with Crippen LogP contribution in [-0.4, -0.2) is 20.2 Å². The average molecular weight is 257 g/mol. The number of rotatable bonds is 3. The van der Waals surface area contributed by atoms with Crippen molar-refractivity contribution in [3.05, 3.63) is 29.6 Å². The van der Waals surface area contributed by atoms with Crippen LogP contribution in [0.2, 0.25) is 0 Å². The number of aryl methyl sites for hydroxylation is 1. The molecule has 0 unspecified atom stereocenters. The summed E-state index contributed by atoms with van der Waals surface area (Å²) in [6.07, 6.45) is 1.18. The third-order valence-electron chi connectivity index (χ3n) is 3.31. The molecule has 3 nitrogen and oxygen atoms in total. The van der Waals surface area contributed by atoms with Gasteiger partial charge in [0.05, 0.1) is 10.1 Å². The highest BCUT2D eigenvalue weighted by atomic mass is 32.2. The van der Waals surface area contributed by atoms with Gasteiger partial charge in [-0.3, -0.25) is 0 Å². The van der Waals surface area contributed by atoms with E-state index in [2.05, 4.69) is 0 Å². The highest BCUT2D eigenvalue weighted by Crippen LogP contribution is 2.35. The highest BCUT2D eigenvalue weighted by molar-refractivity contribution is 7.92. The molecule has 1 aromatic carbocycles. The van der Waals surface area contributed by atoms with Gasteiger partial charge in [-0.05, 0) is 56.0 Å². The maximum absolute atomic E-state index is 13.2. The van der Waals surface area contributed by atoms with E-state index in [0.717, 1.165) is 6.07 Å². The zero-order valence-electron chi connectivity index (χ0n) is 9.69. The lowest BCUT2D eigenvalue weighted by Gasteiger charge is -2.33. The van der Waals surface area contributed by atoms with Gasteiger partial charge < -0.3 is 5.73 Å². The minimum Gasteiger partial charge on any atom is -0.330 e. The van der Waals surface area contributed by atoms with Gasteiger partial charge in [0.15, 0.2) is 9.84 Å². The maximum atomic E-state index is 13.2. The van der Waals surface area contributed by atoms with E-state index in [-0.39, 0.29) is 4.90 Å². The molecule has 1 aliphatic carbocycles. The number of benzene rings is 1. The first kappa shape index (κ1) is 12.5. The second-order valence-electron chi connectivity index (χ2n) is 4.70. The zero-order chi connectivity index (χ0) is 12.6. The van der Waals surface area contributed by atoms with Gasteiger partial charge in [-0.15, -0.1) is 0 Å². The Balaban J connectivity index is 2.27. The summed E-state index contributed by atoms with van der Waals surface area (Å²) >= 11 is 0. The number of hydrogen-bond acceptors (Lipinski definition) is 3. The molecule has 1 saturated carbocycles. The van der Waals surface area contributed by atoms with Crippen molar-refractivity contribution in [1.82, 2.24) is 0 Å². The standard InChI is InChI=1S/C12H16FNO2S/c1-8-2-10(13)6-11(3-8)17(15,16)12-4-9(5-12)7-14/h2-3,6,9,12H,4-5,7,14H2,1H3/t9-,12-. The molecule has 0 aromatic heterocycles. The Morgan fingerprint density at radius 1 is 1.35 bits per heavy atom. The van der Waals surface area contributed by atoms with Gasteiger partial charge in [0.2, 0.25) is 0 Å². The summed E-state index contributed by atoms with van der Waals surface area (Å²) in [6, 6.07) is 3.94. The molecule has 0 aliphatic heterocycles. The van der Waals surface area contributed by atoms with Crippen molar-refractivity contribution in [2.75, 3.05) is 6.54 Å². The smallest absolute Gasteiger partial charge is 0.181 e. The van der Waals surface area contributed by atoms with Crippen molar-refractivity contribution in [2.24, 2.45) is 11.7 Å². The van der Waals surface area contributed by atoms with Gasteiger partial charge in [-0.2, -0.15) is 0 Å². The summed E-state index contributed by atoms with van der Waals surface area (Å²) in [5.74, 6) is -0.206. The van der Waals surface area contributed by atoms with Gasteiger partial charge in [-0.25, -0.2) is 12.8 Å². The number of halogens is 1. The Morgan fingerprint density at radius 2 is 2.00 bits per heavy atom. The predicted molar refractivity (Wildman–Crippen MR) is 63.9 cm³/mol. The molecule has 2 N–H and O–H groups in total. The van der Waals surface area contributed by atoms with Crippen molar-refractivity contribution < 1.29 is 12.8 Å². The molecule has 0 radical (unpaired) electrons. The Labute approximate surface area is 101 Å². The molecule has 0 spiro atoms. The van der Waals surface area contributed by atoms with E-state index in [1.165, 1.54) is 12.1 Å². The molecule has 5 heteroatoms. The topological polar surface area (TPSA) is 60.2 Å². The molecule has 17 heavy (non-hydrogen) atoms. The largest absolute Gasteiger partial charge is 0.330 e. The van der Waals surface area contributed by atoms with Crippen LogP contribution in [0.5, 0.6) is 0 Å². The van der Waals surface area contributed by atoms with E-state index in [1.807, 2.05) is 0 Å². The first-order valence-corrected chi connectivity index (χ1v) is 7.19. The van der Waals surface area contributed by atoms with Crippen LogP contribution in [0.15, 0.2) is 23.1 Å². The van der Waals surface area contributed by atoms with Crippen molar-refractivity contribution in [2.45, 2.75) is 29.9 Å². The molecule has 0 atom stereocenters. The van der Waals surface area contributed by atoms with E-state index in [0.29, 0.717) is 30.9 Å². The van der Waals surface area contributed by atoms with Gasteiger partial charge >= 0.3 is 0 Å². The molecule has 0 saturated heterocycles. The fourth-order valence-electron chi connectivity index (χ4n) is 2.18. The molecule has 1 fully saturated rings. The van der Waals surface area contributed by atoms with Crippen LogP contribution < -0.4 is 5.73 Å². The van der Waals surface area contributed by atoms with Gasteiger partial charge in [0.25, 0.3) is 0 Å². The summed E-state index contributed by atoms with van der Waals surface area (Å²) in [5.41, 5.74) is 6.09. The first-order chi connectivity index (χ1) is 7.93. The Bertz CT molecular complexity index is 501. The minimum atomic E-state index is -3.39. The number of sulfone groups is 1. The molecule has 1 aliphatic rings. The second kappa shape index (κ2) is 4.38. The number of hydrogen-bond donors (Lipinski definition) is 1. The normalized spacial score (nSPS) is 24.4. The Hall–Kier alpha value is -0.940. The van der Waals surface area contributed by atoms with Crippen LogP contribution in [0.3, 0.4) is 0 Å². The van der Waals surface area contributed by atoms with E-state index in [1.54, 1.807) is 6.92 Å². The monoisotopic (exact) mass is 257 g/mol. The van der Waals surface area contributed by atoms with Gasteiger partial charge in [-0.1, -0.05) is 0 Å². The van der Waals surface area contributed by atoms with Crippen molar-refractivity contribution in [3.8, 4) is 0 Å². The van der Waals surface area contributed by atoms with E-state index >= 15 is 0 Å². The average Bonchev–Trinajstić information content (AvgIpc) is 2.13. The lowest BCUT2D eigenvalue weighted by atomic mass is 9.85. The zero-order valence-corrected chi connectivity index (χ0v) is 10.5. The summed E-state index contributed by atoms with van der Waals surface area (Å²) in [5, 5.41) is -0.391. The number of nitrogens with two attached hydrogens (primary N) is 1. The molecule has 2 rings (SSSR count). The third-order valence-corrected chi connectivity index (χ3v) is 5.46. The van der Waals surface area contributed by atoms with E-state index < -0.39 is 20.9 Å². The molecule has 0 amide bonds. The highest BCUT2D eigenvalue weighted by Gasteiger charge is 2.38. The van der Waals surface area contributed by atoms with Crippen LogP contribution in [0.4, 0.5) is 4.39 Å². The molecule has 94 valence electrons. The SMILES string of the molecule is Cc1cc(F)cc(S(=O)(=O)[C@H]2C[C@H](CN)C2)c1. The van der Waals surface area contributed by atoms with Gasteiger partial charge in [0, 0.05) is 0 Å². The van der Waals surface area contributed by atoms with E-state index in [4.69, 9.17) is 5.73 Å². The van der Waals surface area contributed by atoms with Crippen LogP contribution in [0.25, 0.3) is 0 Å². The van der Waals surface area contributed by atoms with Crippen LogP contribution in [0.1, 0.15) is 18.4 Å². The van der Waals surface area contributed by atoms with Crippen LogP contribution in [0, 0.1) is 18.7 Å². The van der Waals surface area contributed by atoms with Crippen molar-refractivity contribution in [3.63, 3.8) is 0 Å². The van der Waals surface area contributed by atoms with Crippen LogP contribution >= 0.6 is 0 Å². The lowest BCUT2D eigenvalue weighted by molar-refractivity contribution is 0.325.